The lowest BCUT2D eigenvalue weighted by Gasteiger charge is -2.23. The number of hydrogen-bond donors (Lipinski definition) is 1. The van der Waals surface area contributed by atoms with Gasteiger partial charge in [0.05, 0.1) is 0 Å². The van der Waals surface area contributed by atoms with Crippen molar-refractivity contribution in [3.05, 3.63) is 52.2 Å². The number of nitrogens with zero attached hydrogens (tertiary/aromatic N) is 1. The summed E-state index contributed by atoms with van der Waals surface area (Å²) in [4.78, 5) is 28.6. The van der Waals surface area contributed by atoms with E-state index >= 15 is 0 Å². The van der Waals surface area contributed by atoms with Crippen LogP contribution in [0.1, 0.15) is 25.8 Å². The number of phenolic OH excluding ortho intramolecular Hbond substituents is 1. The number of phenols is 1. The highest BCUT2D eigenvalue weighted by Crippen LogP contribution is 2.30. The van der Waals surface area contributed by atoms with E-state index in [9.17, 15) is 14.7 Å². The summed E-state index contributed by atoms with van der Waals surface area (Å²) in [5.41, 5.74) is 0.457. The Morgan fingerprint density at radius 2 is 1.97 bits per heavy atom. The summed E-state index contributed by atoms with van der Waals surface area (Å²) < 4.78 is 12.4. The molecule has 0 saturated heterocycles. The molecule has 0 aliphatic carbocycles. The molecule has 6 nitrogen and oxygen atoms in total. The maximum Gasteiger partial charge on any atom is 0.302 e. The Bertz CT molecular complexity index is 1200. The third-order valence-electron chi connectivity index (χ3n) is 5.09. The number of aryl methyl sites for hydroxylation is 1. The van der Waals surface area contributed by atoms with Crippen molar-refractivity contribution in [1.29, 1.82) is 0 Å². The molecular weight excluding hydrogens is 390 g/mol. The van der Waals surface area contributed by atoms with Crippen LogP contribution in [0.15, 0.2) is 46.2 Å². The fraction of sp³-hybridized carbons (Fsp3) is 0.318. The second-order valence-corrected chi connectivity index (χ2v) is 8.45. The lowest BCUT2D eigenvalue weighted by Crippen LogP contribution is -2.35. The molecule has 1 unspecified atom stereocenters. The zero-order valence-corrected chi connectivity index (χ0v) is 17.0. The van der Waals surface area contributed by atoms with Crippen molar-refractivity contribution in [2.45, 2.75) is 32.2 Å². The first-order valence-corrected chi connectivity index (χ1v) is 10.2. The van der Waals surface area contributed by atoms with Crippen LogP contribution >= 0.6 is 11.3 Å². The highest BCUT2D eigenvalue weighted by atomic mass is 32.1. The molecule has 1 aliphatic heterocycles. The largest absolute Gasteiger partial charge is 0.508 e. The topological polar surface area (TPSA) is 85.2 Å². The number of aromatic hydroxyl groups is 1. The Balaban J connectivity index is 1.63. The Hall–Kier alpha value is -2.93. The van der Waals surface area contributed by atoms with Gasteiger partial charge >= 0.3 is 5.97 Å². The SMILES string of the molecule is CC(=O)OCC1(CCc2ccc3c(=O)c4ccc(O)cc4sc3c2)COC(C)=N1. The van der Waals surface area contributed by atoms with Gasteiger partial charge in [0.15, 0.2) is 11.3 Å². The van der Waals surface area contributed by atoms with Crippen molar-refractivity contribution in [2.24, 2.45) is 4.99 Å². The number of esters is 1. The van der Waals surface area contributed by atoms with Crippen LogP contribution in [-0.4, -0.2) is 35.7 Å². The Morgan fingerprint density at radius 3 is 2.66 bits per heavy atom. The van der Waals surface area contributed by atoms with Gasteiger partial charge in [-0.3, -0.25) is 9.59 Å². The van der Waals surface area contributed by atoms with Crippen LogP contribution < -0.4 is 5.43 Å². The molecule has 2 heterocycles. The van der Waals surface area contributed by atoms with E-state index in [1.807, 2.05) is 18.2 Å². The molecule has 4 rings (SSSR count). The predicted octanol–water partition coefficient (Wildman–Crippen LogP) is 3.80. The van der Waals surface area contributed by atoms with Gasteiger partial charge in [0.2, 0.25) is 0 Å². The van der Waals surface area contributed by atoms with Crippen molar-refractivity contribution in [1.82, 2.24) is 0 Å². The molecule has 1 atom stereocenters. The quantitative estimate of drug-likeness (QED) is 0.510. The predicted molar refractivity (Wildman–Crippen MR) is 114 cm³/mol. The summed E-state index contributed by atoms with van der Waals surface area (Å²) >= 11 is 1.48. The molecular formula is C22H21NO5S. The van der Waals surface area contributed by atoms with Crippen LogP contribution in [0, 0.1) is 0 Å². The fourth-order valence-corrected chi connectivity index (χ4v) is 4.73. The molecule has 29 heavy (non-hydrogen) atoms. The summed E-state index contributed by atoms with van der Waals surface area (Å²) in [5.74, 6) is 0.403. The third-order valence-corrected chi connectivity index (χ3v) is 6.20. The van der Waals surface area contributed by atoms with Gasteiger partial charge in [0.1, 0.15) is 24.5 Å². The molecule has 0 saturated carbocycles. The number of ether oxygens (including phenoxy) is 2. The van der Waals surface area contributed by atoms with Crippen molar-refractivity contribution in [3.8, 4) is 5.75 Å². The summed E-state index contributed by atoms with van der Waals surface area (Å²) in [6, 6.07) is 10.6. The van der Waals surface area contributed by atoms with Crippen LogP contribution in [0.5, 0.6) is 5.75 Å². The first-order chi connectivity index (χ1) is 13.8. The Labute approximate surface area is 171 Å². The molecule has 3 aromatic rings. The summed E-state index contributed by atoms with van der Waals surface area (Å²) in [7, 11) is 0. The average molecular weight is 411 g/mol. The maximum absolute atomic E-state index is 12.8. The minimum absolute atomic E-state index is 0.0314. The zero-order chi connectivity index (χ0) is 20.6. The van der Waals surface area contributed by atoms with Crippen LogP contribution in [0.2, 0.25) is 0 Å². The minimum Gasteiger partial charge on any atom is -0.508 e. The fourth-order valence-electron chi connectivity index (χ4n) is 3.57. The molecule has 0 spiro atoms. The summed E-state index contributed by atoms with van der Waals surface area (Å²) in [5, 5.41) is 11.0. The molecule has 0 amide bonds. The van der Waals surface area contributed by atoms with Crippen molar-refractivity contribution >= 4 is 43.4 Å². The first-order valence-electron chi connectivity index (χ1n) is 9.36. The molecule has 0 fully saturated rings. The first kappa shape index (κ1) is 19.4. The van der Waals surface area contributed by atoms with E-state index in [0.29, 0.717) is 36.1 Å². The van der Waals surface area contributed by atoms with E-state index < -0.39 is 5.54 Å². The van der Waals surface area contributed by atoms with E-state index in [2.05, 4.69) is 4.99 Å². The molecule has 0 radical (unpaired) electrons. The van der Waals surface area contributed by atoms with Crippen LogP contribution in [0.25, 0.3) is 20.2 Å². The zero-order valence-electron chi connectivity index (χ0n) is 16.2. The van der Waals surface area contributed by atoms with Gasteiger partial charge < -0.3 is 14.6 Å². The molecule has 7 heteroatoms. The van der Waals surface area contributed by atoms with E-state index in [0.717, 1.165) is 15.0 Å². The number of carbonyl (C=O) groups excluding carboxylic acids is 1. The highest BCUT2D eigenvalue weighted by Gasteiger charge is 2.36. The standard InChI is InChI=1S/C22H21NO5S/c1-13-23-22(11-27-13,12-28-14(2)24)8-7-15-3-5-17-19(9-15)29-20-10-16(25)4-6-18(20)21(17)26/h3-6,9-10,25H,7-8,11-12H2,1-2H3. The molecule has 1 aromatic heterocycles. The Morgan fingerprint density at radius 1 is 1.24 bits per heavy atom. The van der Waals surface area contributed by atoms with Gasteiger partial charge in [-0.2, -0.15) is 0 Å². The second-order valence-electron chi connectivity index (χ2n) is 7.37. The van der Waals surface area contributed by atoms with Gasteiger partial charge in [-0.15, -0.1) is 11.3 Å². The van der Waals surface area contributed by atoms with Crippen molar-refractivity contribution in [3.63, 3.8) is 0 Å². The van der Waals surface area contributed by atoms with Crippen molar-refractivity contribution in [2.75, 3.05) is 13.2 Å². The van der Waals surface area contributed by atoms with Crippen LogP contribution in [0.3, 0.4) is 0 Å². The monoisotopic (exact) mass is 411 g/mol. The summed E-state index contributed by atoms with van der Waals surface area (Å²) in [6.45, 7) is 3.75. The van der Waals surface area contributed by atoms with E-state index in [1.54, 1.807) is 19.1 Å². The normalized spacial score (nSPS) is 18.6. The van der Waals surface area contributed by atoms with Crippen LogP contribution in [0.4, 0.5) is 0 Å². The number of benzene rings is 2. The van der Waals surface area contributed by atoms with Gasteiger partial charge in [0.25, 0.3) is 0 Å². The number of hydrogen-bond acceptors (Lipinski definition) is 7. The second kappa shape index (κ2) is 7.48. The number of fused-ring (bicyclic) bond motifs is 2. The van der Waals surface area contributed by atoms with E-state index in [4.69, 9.17) is 9.47 Å². The van der Waals surface area contributed by atoms with Crippen LogP contribution in [-0.2, 0) is 20.7 Å². The maximum atomic E-state index is 12.8. The molecule has 1 aliphatic rings. The molecule has 150 valence electrons. The lowest BCUT2D eigenvalue weighted by molar-refractivity contribution is -0.143. The minimum atomic E-state index is -0.576. The summed E-state index contributed by atoms with van der Waals surface area (Å²) in [6.07, 6.45) is 1.36. The molecule has 1 N–H and O–H groups in total. The van der Waals surface area contributed by atoms with Gasteiger partial charge in [-0.25, -0.2) is 4.99 Å². The van der Waals surface area contributed by atoms with Crippen molar-refractivity contribution < 1.29 is 19.4 Å². The lowest BCUT2D eigenvalue weighted by atomic mass is 9.93. The average Bonchev–Trinajstić information content (AvgIpc) is 3.06. The van der Waals surface area contributed by atoms with Gasteiger partial charge in [-0.05, 0) is 48.7 Å². The number of rotatable bonds is 5. The van der Waals surface area contributed by atoms with E-state index in [-0.39, 0.29) is 23.8 Å². The third kappa shape index (κ3) is 3.96. The number of carbonyl (C=O) groups is 1. The Kier molecular flexibility index (Phi) is 5.00. The highest BCUT2D eigenvalue weighted by molar-refractivity contribution is 7.24. The molecule has 2 aromatic carbocycles. The van der Waals surface area contributed by atoms with Gasteiger partial charge in [0, 0.05) is 34.0 Å². The molecule has 0 bridgehead atoms. The van der Waals surface area contributed by atoms with E-state index in [1.165, 1.54) is 24.3 Å². The van der Waals surface area contributed by atoms with Gasteiger partial charge in [-0.1, -0.05) is 6.07 Å². The number of aliphatic imine (C=N–C) groups is 1. The smallest absolute Gasteiger partial charge is 0.302 e.